The molecule has 0 nitrogen and oxygen atoms in total. The molecule has 0 aliphatic heterocycles. The van der Waals surface area contributed by atoms with Gasteiger partial charge in [0.05, 0.1) is 0 Å². The Morgan fingerprint density at radius 1 is 1.00 bits per heavy atom. The van der Waals surface area contributed by atoms with Gasteiger partial charge >= 0.3 is 0 Å². The second kappa shape index (κ2) is 3.65. The molecule has 6 heteroatoms. The third-order valence-electron chi connectivity index (χ3n) is 0.114. The van der Waals surface area contributed by atoms with Gasteiger partial charge < -0.3 is 0 Å². The van der Waals surface area contributed by atoms with Crippen molar-refractivity contribution in [1.29, 1.82) is 0 Å². The van der Waals surface area contributed by atoms with Gasteiger partial charge in [-0.05, 0) is 31.0 Å². The maximum Gasteiger partial charge on any atom is 0.219 e. The summed E-state index contributed by atoms with van der Waals surface area (Å²) in [6.07, 6.45) is 0. The molecule has 0 rings (SSSR count). The Morgan fingerprint density at radius 2 is 1.17 bits per heavy atom. The van der Waals surface area contributed by atoms with Crippen LogP contribution in [0.4, 0.5) is 8.39 Å². The Balaban J connectivity index is 2.99. The van der Waals surface area contributed by atoms with Gasteiger partial charge in [0.25, 0.3) is 0 Å². The molecule has 0 aliphatic carbocycles. The molecule has 0 aromatic rings. The molecular weight excluding hydrogens is 260 g/mol. The van der Waals surface area contributed by atoms with Crippen molar-refractivity contribution in [3.8, 4) is 0 Å². The van der Waals surface area contributed by atoms with Crippen LogP contribution in [0.1, 0.15) is 0 Å². The summed E-state index contributed by atoms with van der Waals surface area (Å²) in [6, 6.07) is 0. The summed E-state index contributed by atoms with van der Waals surface area (Å²) in [6.45, 7) is -4.06. The Kier molecular flexibility index (Phi) is 4.68. The number of halogens is 4. The standard InChI is InChI=1S/Br2F2P2/c1-5(3)6(2)4. The first-order valence-electron chi connectivity index (χ1n) is 0.876. The lowest BCUT2D eigenvalue weighted by atomic mass is 18.9. The molecule has 0 aromatic carbocycles. The molecule has 0 spiro atoms. The Morgan fingerprint density at radius 3 is 1.17 bits per heavy atom. The van der Waals surface area contributed by atoms with Crippen molar-refractivity contribution >= 4 is 44.2 Å². The minimum atomic E-state index is -2.03. The molecule has 2 atom stereocenters. The Bertz CT molecular complexity index is 30.5. The molecule has 0 aromatic heterocycles. The van der Waals surface area contributed by atoms with Crippen LogP contribution in [-0.4, -0.2) is 0 Å². The first-order chi connectivity index (χ1) is 2.64. The molecule has 0 saturated heterocycles. The fourth-order valence-corrected chi connectivity index (χ4v) is 0. The predicted octanol–water partition coefficient (Wildman–Crippen LogP) is 4.25. The van der Waals surface area contributed by atoms with E-state index in [1.54, 1.807) is 0 Å². The molecule has 38 valence electrons. The largest absolute Gasteiger partial charge is 0.219 e. The van der Waals surface area contributed by atoms with Crippen LogP contribution < -0.4 is 0 Å². The summed E-state index contributed by atoms with van der Waals surface area (Å²) in [7, 11) is 0. The first-order valence-corrected chi connectivity index (χ1v) is 8.08. The lowest BCUT2D eigenvalue weighted by Crippen LogP contribution is -1.23. The van der Waals surface area contributed by atoms with E-state index in [0.717, 1.165) is 0 Å². The molecule has 0 radical (unpaired) electrons. The highest BCUT2D eigenvalue weighted by Crippen LogP contribution is 2.80. The van der Waals surface area contributed by atoms with Crippen LogP contribution in [0.2, 0.25) is 0 Å². The van der Waals surface area contributed by atoms with Gasteiger partial charge in [0.15, 0.2) is 0 Å². The zero-order valence-electron chi connectivity index (χ0n) is 2.41. The van der Waals surface area contributed by atoms with Crippen molar-refractivity contribution in [2.45, 2.75) is 0 Å². The van der Waals surface area contributed by atoms with Crippen molar-refractivity contribution in [2.75, 3.05) is 0 Å². The van der Waals surface area contributed by atoms with Gasteiger partial charge in [-0.2, -0.15) is 0 Å². The average molecular weight is 260 g/mol. The summed E-state index contributed by atoms with van der Waals surface area (Å²) >= 11 is 4.89. The number of rotatable bonds is 1. The van der Waals surface area contributed by atoms with Crippen LogP contribution >= 0.6 is 44.2 Å². The van der Waals surface area contributed by atoms with Gasteiger partial charge in [0.2, 0.25) is 13.2 Å². The van der Waals surface area contributed by atoms with Crippen molar-refractivity contribution in [2.24, 2.45) is 0 Å². The molecular formula is Br2F2P2. The highest BCUT2D eigenvalue weighted by molar-refractivity contribution is 9.58. The molecule has 0 N–H and O–H groups in total. The Labute approximate surface area is 52.8 Å². The molecule has 0 amide bonds. The van der Waals surface area contributed by atoms with Crippen LogP contribution in [-0.2, 0) is 0 Å². The molecule has 0 aliphatic rings. The molecule has 0 fully saturated rings. The average Bonchev–Trinajstić information content (AvgIpc) is 1.36. The van der Waals surface area contributed by atoms with Crippen LogP contribution in [0.15, 0.2) is 0 Å². The molecule has 0 bridgehead atoms. The third kappa shape index (κ3) is 3.86. The fraction of sp³-hybridized carbons (Fsp3) is 0. The SMILES string of the molecule is FP(Br)P(F)Br. The summed E-state index contributed by atoms with van der Waals surface area (Å²) in [5.74, 6) is 0. The van der Waals surface area contributed by atoms with Crippen LogP contribution in [0.25, 0.3) is 0 Å². The normalized spacial score (nSPS) is 20.0. The quantitative estimate of drug-likeness (QED) is 0.618. The molecule has 6 heavy (non-hydrogen) atoms. The maximum atomic E-state index is 11.4. The van der Waals surface area contributed by atoms with Gasteiger partial charge in [-0.25, -0.2) is 8.39 Å². The van der Waals surface area contributed by atoms with Gasteiger partial charge in [-0.3, -0.25) is 0 Å². The fourth-order valence-electron chi connectivity index (χ4n) is 0. The van der Waals surface area contributed by atoms with E-state index in [4.69, 9.17) is 0 Å². The van der Waals surface area contributed by atoms with E-state index in [0.29, 0.717) is 0 Å². The number of hydrogen-bond acceptors (Lipinski definition) is 0. The van der Waals surface area contributed by atoms with Crippen LogP contribution in [0.5, 0.6) is 0 Å². The van der Waals surface area contributed by atoms with Crippen molar-refractivity contribution in [1.82, 2.24) is 0 Å². The molecule has 0 saturated carbocycles. The van der Waals surface area contributed by atoms with Crippen molar-refractivity contribution < 1.29 is 8.39 Å². The second-order valence-electron chi connectivity index (χ2n) is 0.430. The van der Waals surface area contributed by atoms with E-state index in [2.05, 4.69) is 31.0 Å². The summed E-state index contributed by atoms with van der Waals surface area (Å²) < 4.78 is 22.8. The lowest BCUT2D eigenvalue weighted by molar-refractivity contribution is 0.903. The minimum absolute atomic E-state index is 2.03. The monoisotopic (exact) mass is 258 g/mol. The van der Waals surface area contributed by atoms with E-state index < -0.39 is 13.2 Å². The van der Waals surface area contributed by atoms with E-state index in [1.165, 1.54) is 0 Å². The minimum Gasteiger partial charge on any atom is -0.206 e. The molecule has 0 heterocycles. The lowest BCUT2D eigenvalue weighted by Gasteiger charge is -1.90. The maximum absolute atomic E-state index is 11.4. The zero-order valence-corrected chi connectivity index (χ0v) is 7.37. The van der Waals surface area contributed by atoms with Gasteiger partial charge in [-0.1, -0.05) is 0 Å². The zero-order chi connectivity index (χ0) is 5.15. The highest BCUT2D eigenvalue weighted by Gasteiger charge is 2.12. The molecule has 2 unspecified atom stereocenters. The highest BCUT2D eigenvalue weighted by atomic mass is 79.9. The first kappa shape index (κ1) is 7.68. The van der Waals surface area contributed by atoms with E-state index in [9.17, 15) is 8.39 Å². The summed E-state index contributed by atoms with van der Waals surface area (Å²) in [5, 5.41) is 0. The van der Waals surface area contributed by atoms with E-state index in [-0.39, 0.29) is 0 Å². The van der Waals surface area contributed by atoms with Gasteiger partial charge in [0.1, 0.15) is 0 Å². The van der Waals surface area contributed by atoms with Gasteiger partial charge in [0, 0.05) is 0 Å². The second-order valence-corrected chi connectivity index (χ2v) is 10.4. The van der Waals surface area contributed by atoms with E-state index >= 15 is 0 Å². The van der Waals surface area contributed by atoms with Crippen LogP contribution in [0.3, 0.4) is 0 Å². The smallest absolute Gasteiger partial charge is 0.206 e. The van der Waals surface area contributed by atoms with Gasteiger partial charge in [-0.15, -0.1) is 0 Å². The Hall–Kier alpha value is 1.68. The summed E-state index contributed by atoms with van der Waals surface area (Å²) in [5.41, 5.74) is 0. The summed E-state index contributed by atoms with van der Waals surface area (Å²) in [4.78, 5) is 0. The third-order valence-corrected chi connectivity index (χ3v) is 9.87. The number of hydrogen-bond donors (Lipinski definition) is 0. The topological polar surface area (TPSA) is 0 Å². The predicted molar refractivity (Wildman–Crippen MR) is 33.9 cm³/mol. The van der Waals surface area contributed by atoms with Crippen LogP contribution in [0, 0.1) is 0 Å². The van der Waals surface area contributed by atoms with Crippen molar-refractivity contribution in [3.63, 3.8) is 0 Å². The van der Waals surface area contributed by atoms with Crippen molar-refractivity contribution in [3.05, 3.63) is 0 Å². The van der Waals surface area contributed by atoms with E-state index in [1.807, 2.05) is 0 Å².